The molecule has 3 heteroatoms. The predicted molar refractivity (Wildman–Crippen MR) is 67.0 cm³/mol. The number of nitrogens with zero attached hydrogens (tertiary/aromatic N) is 1. The van der Waals surface area contributed by atoms with Gasteiger partial charge in [0.05, 0.1) is 0 Å². The lowest BCUT2D eigenvalue weighted by molar-refractivity contribution is 0.636. The van der Waals surface area contributed by atoms with E-state index in [1.807, 2.05) is 24.0 Å². The van der Waals surface area contributed by atoms with Crippen LogP contribution in [0.25, 0.3) is 0 Å². The van der Waals surface area contributed by atoms with Gasteiger partial charge in [-0.3, -0.25) is 0 Å². The SMILES string of the molecule is CCC(C)CSc1nccc(C)c1CN. The maximum Gasteiger partial charge on any atom is 0.101 e. The van der Waals surface area contributed by atoms with E-state index < -0.39 is 0 Å². The molecule has 0 fully saturated rings. The van der Waals surface area contributed by atoms with Gasteiger partial charge in [0.1, 0.15) is 5.03 Å². The molecule has 15 heavy (non-hydrogen) atoms. The topological polar surface area (TPSA) is 38.9 Å². The van der Waals surface area contributed by atoms with E-state index >= 15 is 0 Å². The minimum atomic E-state index is 0.586. The molecule has 1 unspecified atom stereocenters. The van der Waals surface area contributed by atoms with Gasteiger partial charge in [0.2, 0.25) is 0 Å². The fraction of sp³-hybridized carbons (Fsp3) is 0.583. The number of aryl methyl sites for hydroxylation is 1. The van der Waals surface area contributed by atoms with Gasteiger partial charge >= 0.3 is 0 Å². The van der Waals surface area contributed by atoms with Crippen LogP contribution in [0.4, 0.5) is 0 Å². The average molecular weight is 224 g/mol. The van der Waals surface area contributed by atoms with Crippen LogP contribution in [-0.2, 0) is 6.54 Å². The Kier molecular flexibility index (Phi) is 5.12. The molecule has 1 aromatic rings. The smallest absolute Gasteiger partial charge is 0.101 e. The van der Waals surface area contributed by atoms with E-state index in [2.05, 4.69) is 25.8 Å². The normalized spacial score (nSPS) is 12.8. The Morgan fingerprint density at radius 3 is 2.87 bits per heavy atom. The minimum Gasteiger partial charge on any atom is -0.326 e. The minimum absolute atomic E-state index is 0.586. The van der Waals surface area contributed by atoms with Gasteiger partial charge in [-0.05, 0) is 24.5 Å². The first-order valence-electron chi connectivity index (χ1n) is 5.46. The summed E-state index contributed by atoms with van der Waals surface area (Å²) in [5.74, 6) is 1.86. The van der Waals surface area contributed by atoms with Crippen molar-refractivity contribution in [3.05, 3.63) is 23.4 Å². The van der Waals surface area contributed by atoms with Crippen LogP contribution in [-0.4, -0.2) is 10.7 Å². The second-order valence-electron chi connectivity index (χ2n) is 3.94. The van der Waals surface area contributed by atoms with Gasteiger partial charge in [0, 0.05) is 24.1 Å². The molecule has 0 radical (unpaired) electrons. The quantitative estimate of drug-likeness (QED) is 0.781. The number of aromatic nitrogens is 1. The summed E-state index contributed by atoms with van der Waals surface area (Å²) in [4.78, 5) is 4.40. The molecule has 1 heterocycles. The highest BCUT2D eigenvalue weighted by molar-refractivity contribution is 7.99. The van der Waals surface area contributed by atoms with Gasteiger partial charge in [-0.1, -0.05) is 20.3 Å². The third-order valence-electron chi connectivity index (χ3n) is 2.66. The maximum absolute atomic E-state index is 5.74. The number of hydrogen-bond acceptors (Lipinski definition) is 3. The number of pyridine rings is 1. The Balaban J connectivity index is 2.72. The zero-order valence-corrected chi connectivity index (χ0v) is 10.6. The van der Waals surface area contributed by atoms with Gasteiger partial charge in [0.25, 0.3) is 0 Å². The Labute approximate surface area is 96.7 Å². The van der Waals surface area contributed by atoms with Crippen LogP contribution < -0.4 is 5.73 Å². The lowest BCUT2D eigenvalue weighted by Gasteiger charge is -2.11. The molecule has 1 rings (SSSR count). The maximum atomic E-state index is 5.74. The van der Waals surface area contributed by atoms with Gasteiger partial charge in [-0.15, -0.1) is 11.8 Å². The Morgan fingerprint density at radius 1 is 1.53 bits per heavy atom. The number of rotatable bonds is 5. The second kappa shape index (κ2) is 6.13. The van der Waals surface area contributed by atoms with Crippen molar-refractivity contribution in [3.8, 4) is 0 Å². The summed E-state index contributed by atoms with van der Waals surface area (Å²) < 4.78 is 0. The Bertz CT molecular complexity index is 312. The molecular formula is C12H20N2S. The van der Waals surface area contributed by atoms with Crippen LogP contribution in [0.2, 0.25) is 0 Å². The van der Waals surface area contributed by atoms with Crippen LogP contribution in [0.1, 0.15) is 31.4 Å². The Morgan fingerprint density at radius 2 is 2.27 bits per heavy atom. The summed E-state index contributed by atoms with van der Waals surface area (Å²) in [6.07, 6.45) is 3.09. The van der Waals surface area contributed by atoms with Gasteiger partial charge in [-0.25, -0.2) is 4.98 Å². The first kappa shape index (κ1) is 12.5. The summed E-state index contributed by atoms with van der Waals surface area (Å²) in [6.45, 7) is 7.17. The van der Waals surface area contributed by atoms with Crippen molar-refractivity contribution in [3.63, 3.8) is 0 Å². The molecule has 0 aromatic carbocycles. The monoisotopic (exact) mass is 224 g/mol. The molecule has 0 spiro atoms. The molecule has 0 aliphatic carbocycles. The molecule has 0 aliphatic heterocycles. The van der Waals surface area contributed by atoms with Crippen LogP contribution in [0.15, 0.2) is 17.3 Å². The van der Waals surface area contributed by atoms with Crippen molar-refractivity contribution in [1.29, 1.82) is 0 Å². The van der Waals surface area contributed by atoms with Gasteiger partial charge < -0.3 is 5.73 Å². The molecule has 0 saturated carbocycles. The molecule has 0 bridgehead atoms. The van der Waals surface area contributed by atoms with Crippen LogP contribution in [0.5, 0.6) is 0 Å². The van der Waals surface area contributed by atoms with E-state index in [9.17, 15) is 0 Å². The van der Waals surface area contributed by atoms with Crippen molar-refractivity contribution >= 4 is 11.8 Å². The zero-order chi connectivity index (χ0) is 11.3. The van der Waals surface area contributed by atoms with Crippen LogP contribution in [0, 0.1) is 12.8 Å². The first-order valence-corrected chi connectivity index (χ1v) is 6.44. The summed E-state index contributed by atoms with van der Waals surface area (Å²) in [5, 5.41) is 1.11. The third kappa shape index (κ3) is 3.50. The largest absolute Gasteiger partial charge is 0.326 e. The van der Waals surface area contributed by atoms with Gasteiger partial charge in [-0.2, -0.15) is 0 Å². The molecule has 1 aromatic heterocycles. The van der Waals surface area contributed by atoms with E-state index in [0.717, 1.165) is 16.7 Å². The van der Waals surface area contributed by atoms with E-state index in [-0.39, 0.29) is 0 Å². The number of hydrogen-bond donors (Lipinski definition) is 1. The zero-order valence-electron chi connectivity index (χ0n) is 9.79. The van der Waals surface area contributed by atoms with Crippen LogP contribution >= 0.6 is 11.8 Å². The fourth-order valence-corrected chi connectivity index (χ4v) is 2.51. The highest BCUT2D eigenvalue weighted by Gasteiger charge is 2.07. The van der Waals surface area contributed by atoms with Gasteiger partial charge in [0.15, 0.2) is 0 Å². The molecule has 0 saturated heterocycles. The van der Waals surface area contributed by atoms with E-state index in [4.69, 9.17) is 5.73 Å². The van der Waals surface area contributed by atoms with Crippen LogP contribution in [0.3, 0.4) is 0 Å². The van der Waals surface area contributed by atoms with E-state index in [1.54, 1.807) is 0 Å². The molecule has 0 aliphatic rings. The third-order valence-corrected chi connectivity index (χ3v) is 4.02. The average Bonchev–Trinajstić information content (AvgIpc) is 2.25. The lowest BCUT2D eigenvalue weighted by atomic mass is 10.2. The summed E-state index contributed by atoms with van der Waals surface area (Å²) in [5.41, 5.74) is 8.19. The molecular weight excluding hydrogens is 204 g/mol. The highest BCUT2D eigenvalue weighted by Crippen LogP contribution is 2.25. The second-order valence-corrected chi connectivity index (χ2v) is 4.95. The lowest BCUT2D eigenvalue weighted by Crippen LogP contribution is -2.04. The molecule has 84 valence electrons. The summed E-state index contributed by atoms with van der Waals surface area (Å²) in [7, 11) is 0. The number of thioether (sulfide) groups is 1. The van der Waals surface area contributed by atoms with Crippen molar-refractivity contribution in [2.45, 2.75) is 38.8 Å². The summed E-state index contributed by atoms with van der Waals surface area (Å²) in [6, 6.07) is 2.02. The van der Waals surface area contributed by atoms with Crippen molar-refractivity contribution in [2.75, 3.05) is 5.75 Å². The van der Waals surface area contributed by atoms with E-state index in [1.165, 1.54) is 17.5 Å². The first-order chi connectivity index (χ1) is 7.19. The standard InChI is InChI=1S/C12H20N2S/c1-4-9(2)8-15-12-11(7-13)10(3)5-6-14-12/h5-6,9H,4,7-8,13H2,1-3H3. The van der Waals surface area contributed by atoms with E-state index in [0.29, 0.717) is 6.54 Å². The van der Waals surface area contributed by atoms with Crippen molar-refractivity contribution < 1.29 is 0 Å². The highest BCUT2D eigenvalue weighted by atomic mass is 32.2. The summed E-state index contributed by atoms with van der Waals surface area (Å²) >= 11 is 1.83. The predicted octanol–water partition coefficient (Wildman–Crippen LogP) is 2.99. The molecule has 1 atom stereocenters. The fourth-order valence-electron chi connectivity index (χ4n) is 1.28. The number of nitrogens with two attached hydrogens (primary N) is 1. The molecule has 0 amide bonds. The van der Waals surface area contributed by atoms with Crippen molar-refractivity contribution in [1.82, 2.24) is 4.98 Å². The molecule has 2 nitrogen and oxygen atoms in total. The Hall–Kier alpha value is -0.540. The van der Waals surface area contributed by atoms with Crippen molar-refractivity contribution in [2.24, 2.45) is 11.7 Å². The molecule has 2 N–H and O–H groups in total.